The number of nitrogens with zero attached hydrogens (tertiary/aromatic N) is 1. The molecular weight excluding hydrogens is 282 g/mol. The van der Waals surface area contributed by atoms with Crippen molar-refractivity contribution < 1.29 is 5.11 Å². The van der Waals surface area contributed by atoms with E-state index in [1.807, 2.05) is 18.2 Å². The fraction of sp³-hybridized carbons (Fsp3) is 0.429. The van der Waals surface area contributed by atoms with Crippen LogP contribution < -0.4 is 4.90 Å². The lowest BCUT2D eigenvalue weighted by molar-refractivity contribution is 0.282. The van der Waals surface area contributed by atoms with E-state index in [9.17, 15) is 5.11 Å². The standard InChI is InChI=1S/C21H29NO/c1-3-5-15-22(16-6-4-2)20-13-11-18(12-14-20)21-10-8-7-9-19(21)17-23/h7-14,23H,3-6,15-17H2,1-2H3. The van der Waals surface area contributed by atoms with Crippen molar-refractivity contribution in [3.05, 3.63) is 54.1 Å². The fourth-order valence-corrected chi connectivity index (χ4v) is 2.86. The minimum atomic E-state index is 0.0804. The normalized spacial score (nSPS) is 10.7. The first-order chi connectivity index (χ1) is 11.3. The van der Waals surface area contributed by atoms with Gasteiger partial charge in [-0.15, -0.1) is 0 Å². The molecule has 2 heteroatoms. The summed E-state index contributed by atoms with van der Waals surface area (Å²) < 4.78 is 0. The van der Waals surface area contributed by atoms with Gasteiger partial charge < -0.3 is 10.0 Å². The highest BCUT2D eigenvalue weighted by Crippen LogP contribution is 2.26. The molecule has 0 aliphatic heterocycles. The van der Waals surface area contributed by atoms with Crippen molar-refractivity contribution in [3.63, 3.8) is 0 Å². The van der Waals surface area contributed by atoms with Crippen molar-refractivity contribution in [2.45, 2.75) is 46.1 Å². The first-order valence-electron chi connectivity index (χ1n) is 8.84. The monoisotopic (exact) mass is 311 g/mol. The quantitative estimate of drug-likeness (QED) is 0.683. The van der Waals surface area contributed by atoms with Gasteiger partial charge in [-0.2, -0.15) is 0 Å². The number of benzene rings is 2. The summed E-state index contributed by atoms with van der Waals surface area (Å²) in [6, 6.07) is 16.8. The second-order valence-corrected chi connectivity index (χ2v) is 6.06. The number of rotatable bonds is 9. The van der Waals surface area contributed by atoms with Gasteiger partial charge in [-0.05, 0) is 41.7 Å². The molecule has 0 saturated carbocycles. The van der Waals surface area contributed by atoms with Gasteiger partial charge in [0.25, 0.3) is 0 Å². The van der Waals surface area contributed by atoms with E-state index in [2.05, 4.69) is 49.1 Å². The van der Waals surface area contributed by atoms with Crippen molar-refractivity contribution in [3.8, 4) is 11.1 Å². The summed E-state index contributed by atoms with van der Waals surface area (Å²) in [4.78, 5) is 2.49. The van der Waals surface area contributed by atoms with Crippen LogP contribution in [0.2, 0.25) is 0 Å². The van der Waals surface area contributed by atoms with Crippen LogP contribution in [-0.2, 0) is 6.61 Å². The van der Waals surface area contributed by atoms with E-state index in [1.165, 1.54) is 36.9 Å². The molecule has 0 unspecified atom stereocenters. The summed E-state index contributed by atoms with van der Waals surface area (Å²) in [6.07, 6.45) is 4.92. The zero-order chi connectivity index (χ0) is 16.5. The molecule has 2 rings (SSSR count). The van der Waals surface area contributed by atoms with E-state index >= 15 is 0 Å². The first-order valence-corrected chi connectivity index (χ1v) is 8.84. The molecule has 1 N–H and O–H groups in total. The van der Waals surface area contributed by atoms with Crippen LogP contribution in [-0.4, -0.2) is 18.2 Å². The van der Waals surface area contributed by atoms with Gasteiger partial charge in [0.15, 0.2) is 0 Å². The number of aliphatic hydroxyl groups excluding tert-OH is 1. The van der Waals surface area contributed by atoms with Gasteiger partial charge in [-0.1, -0.05) is 63.1 Å². The fourth-order valence-electron chi connectivity index (χ4n) is 2.86. The molecule has 2 aromatic rings. The second kappa shape index (κ2) is 9.36. The smallest absolute Gasteiger partial charge is 0.0687 e. The molecule has 0 bridgehead atoms. The maximum absolute atomic E-state index is 9.51. The molecule has 0 heterocycles. The van der Waals surface area contributed by atoms with Crippen LogP contribution in [0.5, 0.6) is 0 Å². The average Bonchev–Trinajstić information content (AvgIpc) is 2.62. The summed E-state index contributed by atoms with van der Waals surface area (Å²) in [5, 5.41) is 9.51. The molecule has 0 atom stereocenters. The maximum Gasteiger partial charge on any atom is 0.0687 e. The minimum absolute atomic E-state index is 0.0804. The Kier molecular flexibility index (Phi) is 7.15. The summed E-state index contributed by atoms with van der Waals surface area (Å²) in [7, 11) is 0. The van der Waals surface area contributed by atoms with E-state index in [0.29, 0.717) is 0 Å². The van der Waals surface area contributed by atoms with Crippen LogP contribution in [0, 0.1) is 0 Å². The summed E-state index contributed by atoms with van der Waals surface area (Å²) in [6.45, 7) is 6.82. The molecule has 0 aromatic heterocycles. The Balaban J connectivity index is 2.19. The van der Waals surface area contributed by atoms with Gasteiger partial charge in [-0.25, -0.2) is 0 Å². The predicted molar refractivity (Wildman–Crippen MR) is 99.8 cm³/mol. The van der Waals surface area contributed by atoms with Crippen LogP contribution in [0.25, 0.3) is 11.1 Å². The third-order valence-electron chi connectivity index (χ3n) is 4.29. The number of anilines is 1. The number of hydrogen-bond donors (Lipinski definition) is 1. The Bertz CT molecular complexity index is 569. The van der Waals surface area contributed by atoms with E-state index < -0.39 is 0 Å². The molecule has 0 aliphatic carbocycles. The Hall–Kier alpha value is -1.80. The molecule has 2 nitrogen and oxygen atoms in total. The van der Waals surface area contributed by atoms with Gasteiger partial charge in [-0.3, -0.25) is 0 Å². The average molecular weight is 311 g/mol. The first kappa shape index (κ1) is 17.6. The highest BCUT2D eigenvalue weighted by Gasteiger charge is 2.07. The largest absolute Gasteiger partial charge is 0.392 e. The van der Waals surface area contributed by atoms with E-state index in [4.69, 9.17) is 0 Å². The molecular formula is C21H29NO. The summed E-state index contributed by atoms with van der Waals surface area (Å²) in [5.41, 5.74) is 4.57. The van der Waals surface area contributed by atoms with Crippen molar-refractivity contribution in [2.75, 3.05) is 18.0 Å². The Morgan fingerprint density at radius 1 is 0.826 bits per heavy atom. The zero-order valence-corrected chi connectivity index (χ0v) is 14.5. The molecule has 0 radical (unpaired) electrons. The van der Waals surface area contributed by atoms with Gasteiger partial charge in [0.2, 0.25) is 0 Å². The molecule has 2 aromatic carbocycles. The molecule has 0 amide bonds. The zero-order valence-electron chi connectivity index (χ0n) is 14.5. The van der Waals surface area contributed by atoms with Crippen molar-refractivity contribution in [1.29, 1.82) is 0 Å². The molecule has 0 saturated heterocycles. The predicted octanol–water partition coefficient (Wildman–Crippen LogP) is 5.25. The third-order valence-corrected chi connectivity index (χ3v) is 4.29. The van der Waals surface area contributed by atoms with Crippen molar-refractivity contribution in [2.24, 2.45) is 0 Å². The van der Waals surface area contributed by atoms with Crippen molar-refractivity contribution >= 4 is 5.69 Å². The van der Waals surface area contributed by atoms with Gasteiger partial charge >= 0.3 is 0 Å². The number of aliphatic hydroxyl groups is 1. The molecule has 23 heavy (non-hydrogen) atoms. The second-order valence-electron chi connectivity index (χ2n) is 6.06. The van der Waals surface area contributed by atoms with Crippen LogP contribution in [0.4, 0.5) is 5.69 Å². The molecule has 0 spiro atoms. The lowest BCUT2D eigenvalue weighted by atomic mass is 10.00. The van der Waals surface area contributed by atoms with Gasteiger partial charge in [0, 0.05) is 18.8 Å². The summed E-state index contributed by atoms with van der Waals surface area (Å²) in [5.74, 6) is 0. The van der Waals surface area contributed by atoms with E-state index in [1.54, 1.807) is 0 Å². The highest BCUT2D eigenvalue weighted by atomic mass is 16.3. The maximum atomic E-state index is 9.51. The topological polar surface area (TPSA) is 23.5 Å². The number of unbranched alkanes of at least 4 members (excludes halogenated alkanes) is 2. The van der Waals surface area contributed by atoms with Gasteiger partial charge in [0.1, 0.15) is 0 Å². The minimum Gasteiger partial charge on any atom is -0.392 e. The number of hydrogen-bond acceptors (Lipinski definition) is 2. The molecule has 124 valence electrons. The van der Waals surface area contributed by atoms with Crippen LogP contribution >= 0.6 is 0 Å². The molecule has 0 aliphatic rings. The summed E-state index contributed by atoms with van der Waals surface area (Å²) >= 11 is 0. The Morgan fingerprint density at radius 3 is 2.00 bits per heavy atom. The molecule has 0 fully saturated rings. The Morgan fingerprint density at radius 2 is 1.43 bits per heavy atom. The van der Waals surface area contributed by atoms with E-state index in [0.717, 1.165) is 24.2 Å². The van der Waals surface area contributed by atoms with Crippen LogP contribution in [0.3, 0.4) is 0 Å². The SMILES string of the molecule is CCCCN(CCCC)c1ccc(-c2ccccc2CO)cc1. The highest BCUT2D eigenvalue weighted by molar-refractivity contribution is 5.69. The van der Waals surface area contributed by atoms with Crippen LogP contribution in [0.1, 0.15) is 45.1 Å². The van der Waals surface area contributed by atoms with Crippen LogP contribution in [0.15, 0.2) is 48.5 Å². The lowest BCUT2D eigenvalue weighted by Gasteiger charge is -2.25. The van der Waals surface area contributed by atoms with Gasteiger partial charge in [0.05, 0.1) is 6.61 Å². The van der Waals surface area contributed by atoms with E-state index in [-0.39, 0.29) is 6.61 Å². The Labute approximate surface area is 140 Å². The van der Waals surface area contributed by atoms with Crippen molar-refractivity contribution in [1.82, 2.24) is 0 Å². The third kappa shape index (κ3) is 4.84. The lowest BCUT2D eigenvalue weighted by Crippen LogP contribution is -2.25.